The molecule has 0 aliphatic heterocycles. The lowest BCUT2D eigenvalue weighted by molar-refractivity contribution is -0.142. The molecule has 0 heterocycles. The van der Waals surface area contributed by atoms with Crippen LogP contribution >= 0.6 is 0 Å². The number of hydrogen-bond donors (Lipinski definition) is 0. The van der Waals surface area contributed by atoms with Crippen molar-refractivity contribution in [1.82, 2.24) is 9.80 Å². The number of carbonyl (C=O) groups excluding carboxylic acids is 2. The minimum atomic E-state index is -0.102. The van der Waals surface area contributed by atoms with E-state index < -0.39 is 0 Å². The van der Waals surface area contributed by atoms with E-state index in [0.29, 0.717) is 0 Å². The second-order valence-corrected chi connectivity index (χ2v) is 4.61. The lowest BCUT2D eigenvalue weighted by Gasteiger charge is -2.24. The molecule has 1 saturated carbocycles. The van der Waals surface area contributed by atoms with E-state index in [4.69, 9.17) is 0 Å². The Kier molecular flexibility index (Phi) is 3.72. The van der Waals surface area contributed by atoms with E-state index in [1.165, 1.54) is 0 Å². The van der Waals surface area contributed by atoms with Crippen LogP contribution in [-0.4, -0.2) is 49.8 Å². The highest BCUT2D eigenvalue weighted by Gasteiger charge is 2.38. The first kappa shape index (κ1) is 12.0. The van der Waals surface area contributed by atoms with E-state index in [-0.39, 0.29) is 23.7 Å². The van der Waals surface area contributed by atoms with Crippen LogP contribution in [0.2, 0.25) is 0 Å². The largest absolute Gasteiger partial charge is 0.349 e. The van der Waals surface area contributed by atoms with Gasteiger partial charge in [0, 0.05) is 40.0 Å². The van der Waals surface area contributed by atoms with Crippen LogP contribution in [0.1, 0.15) is 19.3 Å². The Bertz CT molecular complexity index is 235. The van der Waals surface area contributed by atoms with Crippen molar-refractivity contribution in [1.29, 1.82) is 0 Å². The fourth-order valence-corrected chi connectivity index (χ4v) is 2.21. The van der Waals surface area contributed by atoms with Crippen LogP contribution in [-0.2, 0) is 9.59 Å². The lowest BCUT2D eigenvalue weighted by atomic mass is 9.93. The van der Waals surface area contributed by atoms with Crippen molar-refractivity contribution in [3.63, 3.8) is 0 Å². The summed E-state index contributed by atoms with van der Waals surface area (Å²) in [5.41, 5.74) is 0. The molecular weight excluding hydrogens is 192 g/mol. The van der Waals surface area contributed by atoms with Gasteiger partial charge in [0.05, 0.1) is 0 Å². The van der Waals surface area contributed by atoms with Crippen LogP contribution in [0.3, 0.4) is 0 Å². The van der Waals surface area contributed by atoms with E-state index in [2.05, 4.69) is 0 Å². The van der Waals surface area contributed by atoms with E-state index in [9.17, 15) is 9.59 Å². The number of nitrogens with zero attached hydrogens (tertiary/aromatic N) is 2. The first-order valence-corrected chi connectivity index (χ1v) is 5.37. The zero-order valence-electron chi connectivity index (χ0n) is 9.99. The summed E-state index contributed by atoms with van der Waals surface area (Å²) in [5, 5.41) is 0. The summed E-state index contributed by atoms with van der Waals surface area (Å²) in [6, 6.07) is 0. The molecular formula is C11H20N2O2. The molecule has 15 heavy (non-hydrogen) atoms. The van der Waals surface area contributed by atoms with Gasteiger partial charge in [0.25, 0.3) is 0 Å². The molecule has 0 spiro atoms. The molecule has 0 N–H and O–H groups in total. The van der Waals surface area contributed by atoms with Gasteiger partial charge in [0.15, 0.2) is 0 Å². The van der Waals surface area contributed by atoms with Gasteiger partial charge in [0.1, 0.15) is 0 Å². The molecule has 1 aliphatic rings. The number of amides is 2. The standard InChI is InChI=1S/C11H20N2O2/c1-12(2)10(14)8-6-5-7-9(8)11(15)13(3)4/h8-9H,5-7H2,1-4H3/t8-,9+. The highest BCUT2D eigenvalue weighted by Crippen LogP contribution is 2.33. The molecule has 0 bridgehead atoms. The van der Waals surface area contributed by atoms with Gasteiger partial charge in [-0.2, -0.15) is 0 Å². The second-order valence-electron chi connectivity index (χ2n) is 4.61. The van der Waals surface area contributed by atoms with Crippen molar-refractivity contribution in [3.05, 3.63) is 0 Å². The van der Waals surface area contributed by atoms with Crippen molar-refractivity contribution < 1.29 is 9.59 Å². The van der Waals surface area contributed by atoms with E-state index in [1.54, 1.807) is 38.0 Å². The number of carbonyl (C=O) groups is 2. The maximum absolute atomic E-state index is 11.8. The van der Waals surface area contributed by atoms with Crippen molar-refractivity contribution in [2.24, 2.45) is 11.8 Å². The maximum atomic E-state index is 11.8. The van der Waals surface area contributed by atoms with Crippen molar-refractivity contribution in [2.75, 3.05) is 28.2 Å². The van der Waals surface area contributed by atoms with Gasteiger partial charge in [0.2, 0.25) is 11.8 Å². The first-order chi connectivity index (χ1) is 6.95. The molecule has 0 aromatic rings. The zero-order valence-corrected chi connectivity index (χ0v) is 9.99. The van der Waals surface area contributed by atoms with Crippen LogP contribution < -0.4 is 0 Å². The fraction of sp³-hybridized carbons (Fsp3) is 0.818. The van der Waals surface area contributed by atoms with Crippen LogP contribution in [0.25, 0.3) is 0 Å². The first-order valence-electron chi connectivity index (χ1n) is 5.37. The summed E-state index contributed by atoms with van der Waals surface area (Å²) in [5.74, 6) is -0.0230. The molecule has 0 saturated heterocycles. The SMILES string of the molecule is CN(C)C(=O)[C@H]1CCC[C@H]1C(=O)N(C)C. The minimum absolute atomic E-state index is 0.0905. The minimum Gasteiger partial charge on any atom is -0.349 e. The Morgan fingerprint density at radius 2 is 1.20 bits per heavy atom. The molecule has 1 fully saturated rings. The second kappa shape index (κ2) is 4.64. The van der Waals surface area contributed by atoms with E-state index in [1.807, 2.05) is 0 Å². The predicted octanol–water partition coefficient (Wildman–Crippen LogP) is 0.579. The quantitative estimate of drug-likeness (QED) is 0.672. The molecule has 2 amide bonds. The third-order valence-electron chi connectivity index (χ3n) is 3.03. The monoisotopic (exact) mass is 212 g/mol. The van der Waals surface area contributed by atoms with Crippen LogP contribution in [0.5, 0.6) is 0 Å². The van der Waals surface area contributed by atoms with Crippen LogP contribution in [0.15, 0.2) is 0 Å². The summed E-state index contributed by atoms with van der Waals surface area (Å²) >= 11 is 0. The van der Waals surface area contributed by atoms with Gasteiger partial charge >= 0.3 is 0 Å². The molecule has 1 rings (SSSR count). The third kappa shape index (κ3) is 2.49. The summed E-state index contributed by atoms with van der Waals surface area (Å²) < 4.78 is 0. The number of hydrogen-bond acceptors (Lipinski definition) is 2. The topological polar surface area (TPSA) is 40.6 Å². The molecule has 4 heteroatoms. The Balaban J connectivity index is 2.73. The molecule has 2 atom stereocenters. The molecule has 0 aromatic heterocycles. The Labute approximate surface area is 91.2 Å². The highest BCUT2D eigenvalue weighted by molar-refractivity contribution is 5.87. The lowest BCUT2D eigenvalue weighted by Crippen LogP contribution is -2.38. The van der Waals surface area contributed by atoms with Crippen molar-refractivity contribution in [3.8, 4) is 0 Å². The Hall–Kier alpha value is -1.06. The van der Waals surface area contributed by atoms with Gasteiger partial charge in [-0.05, 0) is 12.8 Å². The van der Waals surface area contributed by atoms with Gasteiger partial charge in [-0.3, -0.25) is 9.59 Å². The van der Waals surface area contributed by atoms with Gasteiger partial charge in [-0.15, -0.1) is 0 Å². The average molecular weight is 212 g/mol. The van der Waals surface area contributed by atoms with Crippen molar-refractivity contribution in [2.45, 2.75) is 19.3 Å². The normalized spacial score (nSPS) is 25.1. The summed E-state index contributed by atoms with van der Waals surface area (Å²) in [6.45, 7) is 0. The molecule has 0 unspecified atom stereocenters. The average Bonchev–Trinajstić information content (AvgIpc) is 2.63. The van der Waals surface area contributed by atoms with E-state index in [0.717, 1.165) is 19.3 Å². The van der Waals surface area contributed by atoms with Gasteiger partial charge < -0.3 is 9.80 Å². The smallest absolute Gasteiger partial charge is 0.225 e. The van der Waals surface area contributed by atoms with Crippen molar-refractivity contribution >= 4 is 11.8 Å². The summed E-state index contributed by atoms with van der Waals surface area (Å²) in [7, 11) is 6.99. The van der Waals surface area contributed by atoms with Gasteiger partial charge in [-0.25, -0.2) is 0 Å². The molecule has 1 aliphatic carbocycles. The maximum Gasteiger partial charge on any atom is 0.225 e. The van der Waals surface area contributed by atoms with Crippen LogP contribution in [0, 0.1) is 11.8 Å². The Morgan fingerprint density at radius 1 is 0.867 bits per heavy atom. The van der Waals surface area contributed by atoms with Crippen LogP contribution in [0.4, 0.5) is 0 Å². The molecule has 4 nitrogen and oxygen atoms in total. The summed E-state index contributed by atoms with van der Waals surface area (Å²) in [4.78, 5) is 26.9. The van der Waals surface area contributed by atoms with Gasteiger partial charge in [-0.1, -0.05) is 6.42 Å². The number of rotatable bonds is 2. The molecule has 86 valence electrons. The molecule has 0 aromatic carbocycles. The predicted molar refractivity (Wildman–Crippen MR) is 58.2 cm³/mol. The van der Waals surface area contributed by atoms with E-state index >= 15 is 0 Å². The highest BCUT2D eigenvalue weighted by atomic mass is 16.2. The summed E-state index contributed by atoms with van der Waals surface area (Å²) in [6.07, 6.45) is 2.68. The fourth-order valence-electron chi connectivity index (χ4n) is 2.21. The zero-order chi connectivity index (χ0) is 11.6. The molecule has 0 radical (unpaired) electrons. The third-order valence-corrected chi connectivity index (χ3v) is 3.03. The Morgan fingerprint density at radius 3 is 1.47 bits per heavy atom.